The number of hydrogen-bond donors (Lipinski definition) is 0. The van der Waals surface area contributed by atoms with Crippen LogP contribution in [0, 0.1) is 0 Å². The minimum Gasteiger partial charge on any atom is -0.454 e. The monoisotopic (exact) mass is 190 g/mol. The van der Waals surface area contributed by atoms with Crippen LogP contribution in [-0.2, 0) is 4.74 Å². The largest absolute Gasteiger partial charge is 0.454 e. The molecule has 0 rings (SSSR count). The fourth-order valence-electron chi connectivity index (χ4n) is 0.897. The average molecular weight is 191 g/mol. The van der Waals surface area contributed by atoms with E-state index in [1.165, 1.54) is 6.42 Å². The second-order valence-electron chi connectivity index (χ2n) is 2.58. The quantitative estimate of drug-likeness (QED) is 0.349. The summed E-state index contributed by atoms with van der Waals surface area (Å²) in [7, 11) is 0. The lowest BCUT2D eigenvalue weighted by Gasteiger charge is -1.99. The van der Waals surface area contributed by atoms with Crippen molar-refractivity contribution in [2.24, 2.45) is 0 Å². The third-order valence-corrected chi connectivity index (χ3v) is 1.63. The van der Waals surface area contributed by atoms with Gasteiger partial charge in [0.1, 0.15) is 0 Å². The molecule has 0 heterocycles. The van der Waals surface area contributed by atoms with Crippen LogP contribution in [0.5, 0.6) is 0 Å². The van der Waals surface area contributed by atoms with Gasteiger partial charge in [0.2, 0.25) is 0 Å². The first-order valence-electron chi connectivity index (χ1n) is 4.20. The van der Waals surface area contributed by atoms with E-state index in [9.17, 15) is 4.79 Å². The Labute approximate surface area is 78.5 Å². The Hall–Kier alpha value is -0.500. The zero-order chi connectivity index (χ0) is 9.23. The van der Waals surface area contributed by atoms with E-state index in [2.05, 4.69) is 11.3 Å². The van der Waals surface area contributed by atoms with Crippen molar-refractivity contribution in [3.05, 3.63) is 12.7 Å². The summed E-state index contributed by atoms with van der Waals surface area (Å²) in [6.07, 6.45) is 7.28. The molecule has 12 heavy (non-hydrogen) atoms. The summed E-state index contributed by atoms with van der Waals surface area (Å²) in [5.41, 5.74) is -0.707. The summed E-state index contributed by atoms with van der Waals surface area (Å²) in [6, 6.07) is 0. The van der Waals surface area contributed by atoms with Gasteiger partial charge in [-0.1, -0.05) is 18.9 Å². The summed E-state index contributed by atoms with van der Waals surface area (Å²) < 4.78 is 4.55. The summed E-state index contributed by atoms with van der Waals surface area (Å²) in [6.45, 7) is 4.07. The molecule has 0 aliphatic carbocycles. The van der Waals surface area contributed by atoms with Crippen LogP contribution in [0.25, 0.3) is 0 Å². The van der Waals surface area contributed by atoms with E-state index in [4.69, 9.17) is 11.6 Å². The standard InChI is InChI=1S/C9H15ClO2/c1-2-3-4-5-6-7-8-12-9(10)11/h2H,1,3-8H2. The van der Waals surface area contributed by atoms with Crippen LogP contribution < -0.4 is 0 Å². The Morgan fingerprint density at radius 1 is 1.33 bits per heavy atom. The first-order valence-corrected chi connectivity index (χ1v) is 4.58. The van der Waals surface area contributed by atoms with Crippen molar-refractivity contribution >= 4 is 17.0 Å². The SMILES string of the molecule is C=CCCCCCCOC(=O)Cl. The number of unbranched alkanes of at least 4 members (excludes halogenated alkanes) is 4. The van der Waals surface area contributed by atoms with Crippen LogP contribution in [0.15, 0.2) is 12.7 Å². The summed E-state index contributed by atoms with van der Waals surface area (Å²) in [4.78, 5) is 10.1. The first kappa shape index (κ1) is 11.5. The van der Waals surface area contributed by atoms with Gasteiger partial charge in [0.05, 0.1) is 6.61 Å². The fraction of sp³-hybridized carbons (Fsp3) is 0.667. The lowest BCUT2D eigenvalue weighted by atomic mass is 10.1. The van der Waals surface area contributed by atoms with Gasteiger partial charge in [-0.05, 0) is 19.3 Å². The number of halogens is 1. The molecule has 0 unspecified atom stereocenters. The molecule has 0 spiro atoms. The van der Waals surface area contributed by atoms with Crippen LogP contribution >= 0.6 is 11.6 Å². The van der Waals surface area contributed by atoms with E-state index in [-0.39, 0.29) is 0 Å². The van der Waals surface area contributed by atoms with Gasteiger partial charge in [-0.2, -0.15) is 0 Å². The van der Waals surface area contributed by atoms with Crippen molar-refractivity contribution in [2.75, 3.05) is 6.61 Å². The lowest BCUT2D eigenvalue weighted by Crippen LogP contribution is -1.95. The third-order valence-electron chi connectivity index (χ3n) is 1.52. The highest BCUT2D eigenvalue weighted by Gasteiger charge is 1.94. The lowest BCUT2D eigenvalue weighted by molar-refractivity contribution is 0.171. The first-order chi connectivity index (χ1) is 5.77. The molecule has 0 fully saturated rings. The molecule has 2 nitrogen and oxygen atoms in total. The molecule has 0 saturated carbocycles. The van der Waals surface area contributed by atoms with Gasteiger partial charge in [-0.3, -0.25) is 0 Å². The van der Waals surface area contributed by atoms with E-state index in [1.807, 2.05) is 6.08 Å². The molecule has 0 aromatic heterocycles. The van der Waals surface area contributed by atoms with Crippen LogP contribution in [-0.4, -0.2) is 12.0 Å². The molecule has 0 aliphatic rings. The molecule has 0 amide bonds. The van der Waals surface area contributed by atoms with E-state index < -0.39 is 5.43 Å². The van der Waals surface area contributed by atoms with E-state index >= 15 is 0 Å². The molecule has 0 bridgehead atoms. The Balaban J connectivity index is 2.90. The van der Waals surface area contributed by atoms with Gasteiger partial charge in [0.25, 0.3) is 0 Å². The number of hydrogen-bond acceptors (Lipinski definition) is 2. The van der Waals surface area contributed by atoms with E-state index in [0.29, 0.717) is 6.61 Å². The zero-order valence-electron chi connectivity index (χ0n) is 7.22. The number of rotatable bonds is 7. The number of carbonyl (C=O) groups excluding carboxylic acids is 1. The fourth-order valence-corrected chi connectivity index (χ4v) is 0.974. The predicted octanol–water partition coefficient (Wildman–Crippen LogP) is 3.50. The van der Waals surface area contributed by atoms with Crippen molar-refractivity contribution in [1.29, 1.82) is 0 Å². The van der Waals surface area contributed by atoms with Gasteiger partial charge in [0.15, 0.2) is 0 Å². The average Bonchev–Trinajstić information content (AvgIpc) is 2.02. The van der Waals surface area contributed by atoms with Crippen molar-refractivity contribution < 1.29 is 9.53 Å². The van der Waals surface area contributed by atoms with Gasteiger partial charge < -0.3 is 4.74 Å². The van der Waals surface area contributed by atoms with Crippen LogP contribution in [0.4, 0.5) is 4.79 Å². The van der Waals surface area contributed by atoms with Crippen LogP contribution in [0.2, 0.25) is 0 Å². The maximum absolute atomic E-state index is 10.1. The van der Waals surface area contributed by atoms with Gasteiger partial charge in [-0.15, -0.1) is 6.58 Å². The Morgan fingerprint density at radius 3 is 2.58 bits per heavy atom. The van der Waals surface area contributed by atoms with Crippen molar-refractivity contribution in [2.45, 2.75) is 32.1 Å². The normalized spacial score (nSPS) is 9.42. The predicted molar refractivity (Wildman–Crippen MR) is 50.5 cm³/mol. The van der Waals surface area contributed by atoms with Crippen LogP contribution in [0.1, 0.15) is 32.1 Å². The Bertz CT molecular complexity index is 134. The molecule has 0 radical (unpaired) electrons. The van der Waals surface area contributed by atoms with E-state index in [1.54, 1.807) is 0 Å². The Kier molecular flexibility index (Phi) is 8.24. The maximum Gasteiger partial charge on any atom is 0.403 e. The smallest absolute Gasteiger partial charge is 0.403 e. The summed E-state index contributed by atoms with van der Waals surface area (Å²) >= 11 is 4.97. The maximum atomic E-state index is 10.1. The second-order valence-corrected chi connectivity index (χ2v) is 2.89. The van der Waals surface area contributed by atoms with Gasteiger partial charge in [0, 0.05) is 11.6 Å². The van der Waals surface area contributed by atoms with E-state index in [0.717, 1.165) is 25.7 Å². The molecular weight excluding hydrogens is 176 g/mol. The number of allylic oxidation sites excluding steroid dienone is 1. The highest BCUT2D eigenvalue weighted by Crippen LogP contribution is 2.03. The minimum atomic E-state index is -0.707. The van der Waals surface area contributed by atoms with Crippen molar-refractivity contribution in [3.63, 3.8) is 0 Å². The molecule has 0 atom stereocenters. The number of ether oxygens (including phenoxy) is 1. The molecule has 0 aliphatic heterocycles. The minimum absolute atomic E-state index is 0.441. The molecule has 0 aromatic rings. The van der Waals surface area contributed by atoms with Crippen LogP contribution in [0.3, 0.4) is 0 Å². The van der Waals surface area contributed by atoms with Crippen molar-refractivity contribution in [1.82, 2.24) is 0 Å². The molecular formula is C9H15ClO2. The molecule has 0 N–H and O–H groups in total. The summed E-state index contributed by atoms with van der Waals surface area (Å²) in [5, 5.41) is 0. The number of carbonyl (C=O) groups is 1. The third kappa shape index (κ3) is 9.50. The zero-order valence-corrected chi connectivity index (χ0v) is 7.98. The topological polar surface area (TPSA) is 26.3 Å². The highest BCUT2D eigenvalue weighted by molar-refractivity contribution is 6.61. The molecule has 70 valence electrons. The second kappa shape index (κ2) is 8.60. The highest BCUT2D eigenvalue weighted by atomic mass is 35.5. The molecule has 3 heteroatoms. The molecule has 0 aromatic carbocycles. The van der Waals surface area contributed by atoms with Gasteiger partial charge >= 0.3 is 5.43 Å². The van der Waals surface area contributed by atoms with Crippen molar-refractivity contribution in [3.8, 4) is 0 Å². The summed E-state index contributed by atoms with van der Waals surface area (Å²) in [5.74, 6) is 0. The Morgan fingerprint density at radius 2 is 2.00 bits per heavy atom. The van der Waals surface area contributed by atoms with Gasteiger partial charge in [-0.25, -0.2) is 4.79 Å². The molecule has 0 saturated heterocycles.